The number of halogens is 1. The molecule has 0 aliphatic heterocycles. The van der Waals surface area contributed by atoms with Crippen LogP contribution in [0.4, 0.5) is 0 Å². The van der Waals surface area contributed by atoms with Crippen LogP contribution >= 0.6 is 15.9 Å². The van der Waals surface area contributed by atoms with E-state index in [0.717, 1.165) is 6.42 Å². The number of methoxy groups -OCH3 is 1. The minimum Gasteiger partial charge on any atom is -0.378 e. The average Bonchev–Trinajstić information content (AvgIpc) is 2.42. The van der Waals surface area contributed by atoms with Crippen LogP contribution in [0.1, 0.15) is 67.8 Å². The predicted molar refractivity (Wildman–Crippen MR) is 85.0 cm³/mol. The van der Waals surface area contributed by atoms with E-state index in [1.807, 2.05) is 7.11 Å². The van der Waals surface area contributed by atoms with Gasteiger partial charge in [-0.1, -0.05) is 54.0 Å². The Labute approximate surface area is 125 Å². The highest BCUT2D eigenvalue weighted by Gasteiger charge is 2.38. The van der Waals surface area contributed by atoms with Crippen molar-refractivity contribution in [2.24, 2.45) is 0 Å². The van der Waals surface area contributed by atoms with Crippen LogP contribution in [-0.4, -0.2) is 12.7 Å². The van der Waals surface area contributed by atoms with Gasteiger partial charge >= 0.3 is 0 Å². The molecule has 0 bridgehead atoms. The van der Waals surface area contributed by atoms with E-state index in [-0.39, 0.29) is 5.60 Å². The molecule has 2 heteroatoms. The molecule has 1 fully saturated rings. The van der Waals surface area contributed by atoms with E-state index in [4.69, 9.17) is 4.74 Å². The average molecular weight is 325 g/mol. The Morgan fingerprint density at radius 2 is 1.79 bits per heavy atom. The van der Waals surface area contributed by atoms with Crippen LogP contribution in [-0.2, 0) is 4.74 Å². The van der Waals surface area contributed by atoms with Gasteiger partial charge in [0.05, 0.1) is 5.60 Å². The van der Waals surface area contributed by atoms with Gasteiger partial charge in [0.2, 0.25) is 0 Å². The molecule has 2 unspecified atom stereocenters. The molecule has 1 aliphatic carbocycles. The molecule has 1 nitrogen and oxygen atoms in total. The van der Waals surface area contributed by atoms with Crippen molar-refractivity contribution < 1.29 is 4.74 Å². The molecule has 0 aromatic heterocycles. The van der Waals surface area contributed by atoms with Gasteiger partial charge in [0, 0.05) is 11.9 Å². The van der Waals surface area contributed by atoms with Crippen molar-refractivity contribution in [2.75, 3.05) is 7.11 Å². The lowest BCUT2D eigenvalue weighted by atomic mass is 9.76. The van der Waals surface area contributed by atoms with E-state index >= 15 is 0 Å². The van der Waals surface area contributed by atoms with Gasteiger partial charge in [-0.2, -0.15) is 0 Å². The molecule has 0 heterocycles. The van der Waals surface area contributed by atoms with Crippen molar-refractivity contribution in [3.05, 3.63) is 35.4 Å². The van der Waals surface area contributed by atoms with Gasteiger partial charge in [-0.05, 0) is 49.1 Å². The first-order chi connectivity index (χ1) is 9.10. The second-order valence-corrected chi connectivity index (χ2v) is 6.99. The lowest BCUT2D eigenvalue weighted by Gasteiger charge is -2.42. The minimum absolute atomic E-state index is 0.129. The quantitative estimate of drug-likeness (QED) is 0.619. The zero-order valence-corrected chi connectivity index (χ0v) is 13.9. The summed E-state index contributed by atoms with van der Waals surface area (Å²) in [6.07, 6.45) is 5.99. The number of ether oxygens (including phenoxy) is 1. The van der Waals surface area contributed by atoms with Crippen LogP contribution in [0, 0.1) is 0 Å². The predicted octanol–water partition coefficient (Wildman–Crippen LogP) is 5.60. The van der Waals surface area contributed by atoms with Crippen LogP contribution in [0.3, 0.4) is 0 Å². The van der Waals surface area contributed by atoms with Crippen molar-refractivity contribution >= 4 is 15.9 Å². The topological polar surface area (TPSA) is 9.23 Å². The Morgan fingerprint density at radius 1 is 1.21 bits per heavy atom. The van der Waals surface area contributed by atoms with E-state index in [1.165, 1.54) is 36.8 Å². The Hall–Kier alpha value is -0.340. The second kappa shape index (κ2) is 6.41. The summed E-state index contributed by atoms with van der Waals surface area (Å²) in [6.45, 7) is 4.53. The molecular weight excluding hydrogens is 300 g/mol. The van der Waals surface area contributed by atoms with Gasteiger partial charge in [-0.25, -0.2) is 0 Å². The van der Waals surface area contributed by atoms with Crippen molar-refractivity contribution in [1.29, 1.82) is 0 Å². The van der Waals surface area contributed by atoms with E-state index in [9.17, 15) is 0 Å². The summed E-state index contributed by atoms with van der Waals surface area (Å²) < 4.78 is 5.72. The maximum Gasteiger partial charge on any atom is 0.0692 e. The maximum atomic E-state index is 5.72. The fourth-order valence-electron chi connectivity index (χ4n) is 2.78. The summed E-state index contributed by atoms with van der Waals surface area (Å²) in [5, 5.41) is 0. The number of hydrogen-bond donors (Lipinski definition) is 0. The molecule has 1 aromatic rings. The Morgan fingerprint density at radius 3 is 2.21 bits per heavy atom. The van der Waals surface area contributed by atoms with Crippen LogP contribution in [0.5, 0.6) is 0 Å². The van der Waals surface area contributed by atoms with Gasteiger partial charge in [-0.15, -0.1) is 0 Å². The van der Waals surface area contributed by atoms with Crippen LogP contribution in [0.25, 0.3) is 0 Å². The Balaban J connectivity index is 2.01. The smallest absolute Gasteiger partial charge is 0.0692 e. The molecule has 2 rings (SSSR count). The zero-order valence-electron chi connectivity index (χ0n) is 12.3. The zero-order chi connectivity index (χ0) is 13.9. The third kappa shape index (κ3) is 3.41. The molecular formula is C17H25BrO. The molecule has 1 aliphatic rings. The minimum atomic E-state index is 0.129. The van der Waals surface area contributed by atoms with E-state index in [2.05, 4.69) is 54.0 Å². The first kappa shape index (κ1) is 15.1. The van der Waals surface area contributed by atoms with Gasteiger partial charge in [0.15, 0.2) is 0 Å². The first-order valence-corrected chi connectivity index (χ1v) is 8.31. The van der Waals surface area contributed by atoms with Crippen molar-refractivity contribution in [1.82, 2.24) is 0 Å². The standard InChI is InChI=1S/C17H25BrO/c1-4-13(2)14-6-8-15(9-7-14)16(18)12-17(19-3)10-5-11-17/h6-9,13,16H,4-5,10-12H2,1-3H3. The molecule has 106 valence electrons. The Kier molecular flexibility index (Phi) is 5.08. The Bertz CT molecular complexity index is 389. The monoisotopic (exact) mass is 324 g/mol. The van der Waals surface area contributed by atoms with Gasteiger partial charge in [-0.3, -0.25) is 0 Å². The lowest BCUT2D eigenvalue weighted by molar-refractivity contribution is -0.0773. The van der Waals surface area contributed by atoms with Crippen LogP contribution < -0.4 is 0 Å². The number of hydrogen-bond acceptors (Lipinski definition) is 1. The lowest BCUT2D eigenvalue weighted by Crippen LogP contribution is -2.39. The molecule has 2 atom stereocenters. The summed E-state index contributed by atoms with van der Waals surface area (Å²) in [7, 11) is 1.85. The summed E-state index contributed by atoms with van der Waals surface area (Å²) in [6, 6.07) is 9.09. The fourth-order valence-corrected chi connectivity index (χ4v) is 3.67. The summed E-state index contributed by atoms with van der Waals surface area (Å²) in [5.74, 6) is 0.653. The molecule has 1 saturated carbocycles. The van der Waals surface area contributed by atoms with Crippen molar-refractivity contribution in [2.45, 2.75) is 62.3 Å². The molecule has 0 spiro atoms. The van der Waals surface area contributed by atoms with Crippen LogP contribution in [0.2, 0.25) is 0 Å². The van der Waals surface area contributed by atoms with Gasteiger partial charge in [0.25, 0.3) is 0 Å². The first-order valence-electron chi connectivity index (χ1n) is 7.39. The number of rotatable bonds is 6. The van der Waals surface area contributed by atoms with E-state index in [0.29, 0.717) is 10.7 Å². The van der Waals surface area contributed by atoms with Gasteiger partial charge < -0.3 is 4.74 Å². The molecule has 0 amide bonds. The SMILES string of the molecule is CCC(C)c1ccc(C(Br)CC2(OC)CCC2)cc1. The van der Waals surface area contributed by atoms with Crippen molar-refractivity contribution in [3.8, 4) is 0 Å². The number of alkyl halides is 1. The highest BCUT2D eigenvalue weighted by Crippen LogP contribution is 2.44. The summed E-state index contributed by atoms with van der Waals surface area (Å²) in [5.41, 5.74) is 2.94. The normalized spacial score (nSPS) is 20.6. The van der Waals surface area contributed by atoms with E-state index < -0.39 is 0 Å². The summed E-state index contributed by atoms with van der Waals surface area (Å²) >= 11 is 3.84. The fraction of sp³-hybridized carbons (Fsp3) is 0.647. The van der Waals surface area contributed by atoms with Gasteiger partial charge in [0.1, 0.15) is 0 Å². The highest BCUT2D eigenvalue weighted by atomic mass is 79.9. The molecule has 1 aromatic carbocycles. The summed E-state index contributed by atoms with van der Waals surface area (Å²) in [4.78, 5) is 0.402. The molecule has 0 N–H and O–H groups in total. The third-order valence-electron chi connectivity index (χ3n) is 4.73. The molecule has 0 radical (unpaired) electrons. The van der Waals surface area contributed by atoms with Crippen LogP contribution in [0.15, 0.2) is 24.3 Å². The largest absolute Gasteiger partial charge is 0.378 e. The molecule has 0 saturated heterocycles. The maximum absolute atomic E-state index is 5.72. The highest BCUT2D eigenvalue weighted by molar-refractivity contribution is 9.09. The molecule has 19 heavy (non-hydrogen) atoms. The number of benzene rings is 1. The van der Waals surface area contributed by atoms with Crippen molar-refractivity contribution in [3.63, 3.8) is 0 Å². The third-order valence-corrected chi connectivity index (χ3v) is 5.58. The second-order valence-electron chi connectivity index (χ2n) is 5.89. The van der Waals surface area contributed by atoms with E-state index in [1.54, 1.807) is 0 Å².